The molecule has 0 aliphatic carbocycles. The van der Waals surface area contributed by atoms with E-state index in [4.69, 9.17) is 9.40 Å². The molecule has 7 nitrogen and oxygen atoms in total. The number of nitrogens with zero attached hydrogens (tertiary/aromatic N) is 2. The van der Waals surface area contributed by atoms with Crippen molar-refractivity contribution in [3.05, 3.63) is 108 Å². The van der Waals surface area contributed by atoms with Crippen LogP contribution in [0.2, 0.25) is 0 Å². The van der Waals surface area contributed by atoms with Gasteiger partial charge >= 0.3 is 0 Å². The second-order valence-corrected chi connectivity index (χ2v) is 10.8. The zero-order valence-electron chi connectivity index (χ0n) is 19.4. The maximum absolute atomic E-state index is 13.6. The molecule has 36 heavy (non-hydrogen) atoms. The number of carbonyl (C=O) groups is 1. The van der Waals surface area contributed by atoms with E-state index in [-0.39, 0.29) is 17.3 Å². The Morgan fingerprint density at radius 1 is 1.00 bits per heavy atom. The van der Waals surface area contributed by atoms with E-state index in [0.717, 1.165) is 16.6 Å². The highest BCUT2D eigenvalue weighted by Crippen LogP contribution is 2.32. The fraction of sp³-hybridized carbons (Fsp3) is 0.111. The average molecular weight is 518 g/mol. The minimum absolute atomic E-state index is 0.164. The van der Waals surface area contributed by atoms with Crippen LogP contribution >= 0.6 is 11.3 Å². The lowest BCUT2D eigenvalue weighted by Gasteiger charge is -2.19. The number of aryl methyl sites for hydroxylation is 1. The van der Waals surface area contributed by atoms with Crippen molar-refractivity contribution in [2.45, 2.75) is 24.8 Å². The van der Waals surface area contributed by atoms with Crippen LogP contribution in [0.4, 0.5) is 10.8 Å². The van der Waals surface area contributed by atoms with Crippen LogP contribution in [0.5, 0.6) is 0 Å². The normalized spacial score (nSPS) is 11.5. The van der Waals surface area contributed by atoms with Crippen molar-refractivity contribution in [1.29, 1.82) is 0 Å². The standard InChI is InChI=1S/C27H23N3O4S2/c1-2-19-10-15-24-25(17-19)35-27(28-24)30(18-22-7-6-16-34-22)26(31)20-11-13-21(14-12-20)29-36(32,33)23-8-4-3-5-9-23/h3-17,29H,2,18H2,1H3. The summed E-state index contributed by atoms with van der Waals surface area (Å²) in [5.41, 5.74) is 2.79. The molecule has 0 radical (unpaired) electrons. The van der Waals surface area contributed by atoms with Crippen molar-refractivity contribution in [2.24, 2.45) is 0 Å². The van der Waals surface area contributed by atoms with E-state index in [2.05, 4.69) is 17.7 Å². The molecule has 0 saturated heterocycles. The largest absolute Gasteiger partial charge is 0.467 e. The highest BCUT2D eigenvalue weighted by molar-refractivity contribution is 7.92. The first-order chi connectivity index (χ1) is 17.4. The number of furan rings is 1. The van der Waals surface area contributed by atoms with Gasteiger partial charge < -0.3 is 4.42 Å². The van der Waals surface area contributed by atoms with Crippen LogP contribution in [0, 0.1) is 0 Å². The first-order valence-corrected chi connectivity index (χ1v) is 13.6. The molecule has 2 aromatic heterocycles. The highest BCUT2D eigenvalue weighted by Gasteiger charge is 2.23. The molecular formula is C27H23N3O4S2. The lowest BCUT2D eigenvalue weighted by Crippen LogP contribution is -2.30. The molecule has 1 amide bonds. The molecule has 0 bridgehead atoms. The Hall–Kier alpha value is -3.95. The Morgan fingerprint density at radius 3 is 2.47 bits per heavy atom. The molecule has 3 aromatic carbocycles. The van der Waals surface area contributed by atoms with Crippen LogP contribution < -0.4 is 9.62 Å². The number of rotatable bonds is 8. The molecule has 5 aromatic rings. The number of hydrogen-bond acceptors (Lipinski definition) is 6. The molecule has 182 valence electrons. The van der Waals surface area contributed by atoms with Crippen LogP contribution in [0.25, 0.3) is 10.2 Å². The van der Waals surface area contributed by atoms with E-state index in [1.54, 1.807) is 59.7 Å². The van der Waals surface area contributed by atoms with Crippen LogP contribution in [0.3, 0.4) is 0 Å². The molecule has 9 heteroatoms. The molecule has 0 unspecified atom stereocenters. The lowest BCUT2D eigenvalue weighted by atomic mass is 10.2. The van der Waals surface area contributed by atoms with Gasteiger partial charge in [0.2, 0.25) is 0 Å². The minimum atomic E-state index is -3.73. The Balaban J connectivity index is 1.43. The van der Waals surface area contributed by atoms with E-state index < -0.39 is 10.0 Å². The number of aromatic nitrogens is 1. The smallest absolute Gasteiger partial charge is 0.261 e. The van der Waals surface area contributed by atoms with Crippen LogP contribution in [0.1, 0.15) is 28.6 Å². The summed E-state index contributed by atoms with van der Waals surface area (Å²) in [6, 6.07) is 24.2. The Morgan fingerprint density at radius 2 is 1.78 bits per heavy atom. The highest BCUT2D eigenvalue weighted by atomic mass is 32.2. The van der Waals surface area contributed by atoms with Crippen molar-refractivity contribution in [1.82, 2.24) is 4.98 Å². The quantitative estimate of drug-likeness (QED) is 0.268. The Labute approximate surface area is 213 Å². The van der Waals surface area contributed by atoms with Gasteiger partial charge in [-0.1, -0.05) is 42.5 Å². The topological polar surface area (TPSA) is 92.5 Å². The maximum atomic E-state index is 13.6. The predicted octanol–water partition coefficient (Wildman–Crippen LogP) is 6.10. The number of nitrogens with one attached hydrogen (secondary N) is 1. The van der Waals surface area contributed by atoms with Gasteiger partial charge in [-0.2, -0.15) is 0 Å². The molecular weight excluding hydrogens is 494 g/mol. The summed E-state index contributed by atoms with van der Waals surface area (Å²) in [5.74, 6) is 0.364. The maximum Gasteiger partial charge on any atom is 0.261 e. The summed E-state index contributed by atoms with van der Waals surface area (Å²) in [6.45, 7) is 2.31. The zero-order valence-corrected chi connectivity index (χ0v) is 21.1. The summed E-state index contributed by atoms with van der Waals surface area (Å²) in [4.78, 5) is 20.1. The number of hydrogen-bond donors (Lipinski definition) is 1. The van der Waals surface area contributed by atoms with Gasteiger partial charge in [-0.3, -0.25) is 14.4 Å². The SMILES string of the molecule is CCc1ccc2nc(N(Cc3ccco3)C(=O)c3ccc(NS(=O)(=O)c4ccccc4)cc3)sc2c1. The van der Waals surface area contributed by atoms with Gasteiger partial charge in [-0.25, -0.2) is 13.4 Å². The van der Waals surface area contributed by atoms with E-state index in [1.807, 2.05) is 18.2 Å². The van der Waals surface area contributed by atoms with Gasteiger partial charge in [0.1, 0.15) is 5.76 Å². The van der Waals surface area contributed by atoms with Crippen molar-refractivity contribution >= 4 is 48.3 Å². The molecule has 0 saturated carbocycles. The van der Waals surface area contributed by atoms with E-state index in [9.17, 15) is 13.2 Å². The molecule has 2 heterocycles. The second-order valence-electron chi connectivity index (χ2n) is 8.12. The number of benzene rings is 3. The third kappa shape index (κ3) is 5.02. The minimum Gasteiger partial charge on any atom is -0.467 e. The monoisotopic (exact) mass is 517 g/mol. The van der Waals surface area contributed by atoms with Gasteiger partial charge in [-0.15, -0.1) is 0 Å². The fourth-order valence-electron chi connectivity index (χ4n) is 3.73. The third-order valence-corrected chi connectivity index (χ3v) is 8.10. The second kappa shape index (κ2) is 9.96. The van der Waals surface area contributed by atoms with Crippen molar-refractivity contribution in [3.8, 4) is 0 Å². The van der Waals surface area contributed by atoms with Crippen molar-refractivity contribution < 1.29 is 17.6 Å². The summed E-state index contributed by atoms with van der Waals surface area (Å²) in [6.07, 6.45) is 2.48. The molecule has 0 fully saturated rings. The number of fused-ring (bicyclic) bond motifs is 1. The lowest BCUT2D eigenvalue weighted by molar-refractivity contribution is 0.0983. The average Bonchev–Trinajstić information content (AvgIpc) is 3.57. The Bertz CT molecular complexity index is 1590. The molecule has 0 aliphatic heterocycles. The summed E-state index contributed by atoms with van der Waals surface area (Å²) >= 11 is 1.45. The Kier molecular flexibility index (Phi) is 6.58. The van der Waals surface area contributed by atoms with Gasteiger partial charge in [0.05, 0.1) is 27.9 Å². The summed E-state index contributed by atoms with van der Waals surface area (Å²) in [7, 11) is -3.73. The molecule has 1 N–H and O–H groups in total. The van der Waals surface area contributed by atoms with Gasteiger partial charge in [0.15, 0.2) is 5.13 Å². The number of amides is 1. The zero-order chi connectivity index (χ0) is 25.1. The van der Waals surface area contributed by atoms with Gasteiger partial charge in [0.25, 0.3) is 15.9 Å². The first kappa shape index (κ1) is 23.8. The first-order valence-electron chi connectivity index (χ1n) is 11.3. The summed E-state index contributed by atoms with van der Waals surface area (Å²) < 4.78 is 34.3. The van der Waals surface area contributed by atoms with Crippen molar-refractivity contribution in [3.63, 3.8) is 0 Å². The molecule has 0 aliphatic rings. The van der Waals surface area contributed by atoms with Crippen LogP contribution in [-0.4, -0.2) is 19.3 Å². The van der Waals surface area contributed by atoms with Crippen LogP contribution in [0.15, 0.2) is 101 Å². The fourth-order valence-corrected chi connectivity index (χ4v) is 5.83. The van der Waals surface area contributed by atoms with Gasteiger partial charge in [0, 0.05) is 11.3 Å². The van der Waals surface area contributed by atoms with E-state index in [0.29, 0.717) is 22.1 Å². The predicted molar refractivity (Wildman–Crippen MR) is 142 cm³/mol. The molecule has 0 atom stereocenters. The number of anilines is 2. The number of sulfonamides is 1. The van der Waals surface area contributed by atoms with Crippen LogP contribution in [-0.2, 0) is 23.0 Å². The third-order valence-electron chi connectivity index (χ3n) is 5.66. The number of carbonyl (C=O) groups excluding carboxylic acids is 1. The van der Waals surface area contributed by atoms with E-state index >= 15 is 0 Å². The van der Waals surface area contributed by atoms with Gasteiger partial charge in [-0.05, 0) is 72.6 Å². The van der Waals surface area contributed by atoms with Crippen molar-refractivity contribution in [2.75, 3.05) is 9.62 Å². The van der Waals surface area contributed by atoms with E-state index in [1.165, 1.54) is 29.0 Å². The molecule has 0 spiro atoms. The molecule has 5 rings (SSSR count). The summed E-state index contributed by atoms with van der Waals surface area (Å²) in [5, 5.41) is 0.563. The number of thiazole rings is 1.